The fourth-order valence-electron chi connectivity index (χ4n) is 2.55. The third-order valence-corrected chi connectivity index (χ3v) is 4.67. The van der Waals surface area contributed by atoms with Crippen LogP contribution < -0.4 is 0 Å². The summed E-state index contributed by atoms with van der Waals surface area (Å²) in [6.07, 6.45) is 1.63. The third-order valence-electron chi connectivity index (χ3n) is 3.70. The van der Waals surface area contributed by atoms with Gasteiger partial charge in [-0.15, -0.1) is 11.3 Å². The highest BCUT2D eigenvalue weighted by molar-refractivity contribution is 7.18. The van der Waals surface area contributed by atoms with Crippen LogP contribution in [0.5, 0.6) is 5.88 Å². The standard InChI is InChI=1S/C18H12FN3OS/c1-10-5-6-13(19)11(8-10)12-9-24-16-15(12)21-17(22-18(16)23)14-4-2-3-7-20-14/h2-9H,1H3,(H,21,22,23). The fourth-order valence-corrected chi connectivity index (χ4v) is 3.44. The summed E-state index contributed by atoms with van der Waals surface area (Å²) in [7, 11) is 0. The zero-order valence-electron chi connectivity index (χ0n) is 12.7. The minimum absolute atomic E-state index is 0.120. The Morgan fingerprint density at radius 2 is 1.96 bits per heavy atom. The molecule has 0 saturated heterocycles. The highest BCUT2D eigenvalue weighted by Gasteiger charge is 2.17. The Labute approximate surface area is 141 Å². The van der Waals surface area contributed by atoms with Crippen LogP contribution in [0.3, 0.4) is 0 Å². The van der Waals surface area contributed by atoms with Crippen LogP contribution in [0, 0.1) is 12.7 Å². The molecule has 0 saturated carbocycles. The molecule has 6 heteroatoms. The minimum Gasteiger partial charge on any atom is -0.492 e. The first-order valence-electron chi connectivity index (χ1n) is 7.29. The molecule has 24 heavy (non-hydrogen) atoms. The van der Waals surface area contributed by atoms with Crippen LogP contribution in [0.1, 0.15) is 5.56 Å². The Bertz CT molecular complexity index is 1050. The Hall–Kier alpha value is -2.86. The molecule has 0 atom stereocenters. The van der Waals surface area contributed by atoms with E-state index in [1.165, 1.54) is 17.4 Å². The maximum Gasteiger partial charge on any atom is 0.233 e. The van der Waals surface area contributed by atoms with Crippen molar-refractivity contribution in [1.29, 1.82) is 0 Å². The normalized spacial score (nSPS) is 11.1. The number of nitrogens with zero attached hydrogens (tertiary/aromatic N) is 3. The van der Waals surface area contributed by atoms with E-state index in [2.05, 4.69) is 15.0 Å². The molecular formula is C18H12FN3OS. The van der Waals surface area contributed by atoms with Crippen LogP contribution >= 0.6 is 11.3 Å². The number of thiophene rings is 1. The van der Waals surface area contributed by atoms with Crippen molar-refractivity contribution in [2.45, 2.75) is 6.92 Å². The van der Waals surface area contributed by atoms with Gasteiger partial charge >= 0.3 is 0 Å². The fraction of sp³-hybridized carbons (Fsp3) is 0.0556. The largest absolute Gasteiger partial charge is 0.492 e. The van der Waals surface area contributed by atoms with Crippen molar-refractivity contribution in [2.24, 2.45) is 0 Å². The van der Waals surface area contributed by atoms with Gasteiger partial charge in [0.25, 0.3) is 0 Å². The first kappa shape index (κ1) is 14.7. The number of hydrogen-bond acceptors (Lipinski definition) is 5. The lowest BCUT2D eigenvalue weighted by Gasteiger charge is -2.05. The summed E-state index contributed by atoms with van der Waals surface area (Å²) < 4.78 is 14.8. The highest BCUT2D eigenvalue weighted by atomic mass is 32.1. The molecule has 0 aliphatic heterocycles. The summed E-state index contributed by atoms with van der Waals surface area (Å²) in [6.45, 7) is 1.91. The van der Waals surface area contributed by atoms with E-state index < -0.39 is 0 Å². The van der Waals surface area contributed by atoms with Crippen LogP contribution in [0.25, 0.3) is 32.9 Å². The summed E-state index contributed by atoms with van der Waals surface area (Å²) in [5, 5.41) is 12.0. The second-order valence-electron chi connectivity index (χ2n) is 5.40. The first-order valence-corrected chi connectivity index (χ1v) is 8.17. The molecule has 4 aromatic rings. The number of benzene rings is 1. The Balaban J connectivity index is 1.98. The number of rotatable bonds is 2. The van der Waals surface area contributed by atoms with Gasteiger partial charge in [-0.05, 0) is 31.2 Å². The van der Waals surface area contributed by atoms with Crippen LogP contribution in [-0.4, -0.2) is 20.1 Å². The Morgan fingerprint density at radius 3 is 2.75 bits per heavy atom. The molecule has 3 heterocycles. The van der Waals surface area contributed by atoms with Crippen molar-refractivity contribution in [3.05, 3.63) is 59.4 Å². The SMILES string of the molecule is Cc1ccc(F)c(-c2csc3c(O)nc(-c4ccccn4)nc23)c1. The van der Waals surface area contributed by atoms with Gasteiger partial charge in [0, 0.05) is 22.7 Å². The first-order chi connectivity index (χ1) is 11.6. The molecule has 3 aromatic heterocycles. The molecule has 118 valence electrons. The van der Waals surface area contributed by atoms with Gasteiger partial charge in [0.15, 0.2) is 5.82 Å². The maximum absolute atomic E-state index is 14.3. The van der Waals surface area contributed by atoms with E-state index in [1.807, 2.05) is 13.0 Å². The zero-order chi connectivity index (χ0) is 16.7. The Kier molecular flexibility index (Phi) is 3.46. The van der Waals surface area contributed by atoms with E-state index >= 15 is 0 Å². The van der Waals surface area contributed by atoms with Gasteiger partial charge in [-0.25, -0.2) is 9.37 Å². The number of pyridine rings is 1. The van der Waals surface area contributed by atoms with Crippen LogP contribution in [0.2, 0.25) is 0 Å². The number of aromatic nitrogens is 3. The number of aryl methyl sites for hydroxylation is 1. The van der Waals surface area contributed by atoms with Gasteiger partial charge in [-0.1, -0.05) is 17.7 Å². The second-order valence-corrected chi connectivity index (χ2v) is 6.28. The molecule has 0 spiro atoms. The lowest BCUT2D eigenvalue weighted by Crippen LogP contribution is -1.93. The van der Waals surface area contributed by atoms with Crippen molar-refractivity contribution in [3.8, 4) is 28.5 Å². The summed E-state index contributed by atoms with van der Waals surface area (Å²) in [4.78, 5) is 12.8. The van der Waals surface area contributed by atoms with Gasteiger partial charge < -0.3 is 5.11 Å². The molecule has 1 N–H and O–H groups in total. The lowest BCUT2D eigenvalue weighted by molar-refractivity contribution is 0.461. The molecule has 0 fully saturated rings. The predicted octanol–water partition coefficient (Wildman–Crippen LogP) is 4.57. The molecule has 0 aliphatic carbocycles. The molecule has 4 rings (SSSR count). The van der Waals surface area contributed by atoms with Gasteiger partial charge in [0.1, 0.15) is 16.2 Å². The van der Waals surface area contributed by atoms with Crippen LogP contribution in [-0.2, 0) is 0 Å². The van der Waals surface area contributed by atoms with Gasteiger partial charge in [0.2, 0.25) is 5.88 Å². The number of fused-ring (bicyclic) bond motifs is 1. The smallest absolute Gasteiger partial charge is 0.233 e. The molecule has 0 unspecified atom stereocenters. The predicted molar refractivity (Wildman–Crippen MR) is 92.4 cm³/mol. The van der Waals surface area contributed by atoms with Crippen molar-refractivity contribution in [3.63, 3.8) is 0 Å². The number of halogens is 1. The molecule has 4 nitrogen and oxygen atoms in total. The van der Waals surface area contributed by atoms with Gasteiger partial charge in [-0.2, -0.15) is 4.98 Å². The average molecular weight is 337 g/mol. The van der Waals surface area contributed by atoms with Crippen molar-refractivity contribution >= 4 is 21.6 Å². The lowest BCUT2D eigenvalue weighted by atomic mass is 10.0. The maximum atomic E-state index is 14.3. The van der Waals surface area contributed by atoms with E-state index in [0.717, 1.165) is 5.56 Å². The minimum atomic E-state index is -0.321. The summed E-state index contributed by atoms with van der Waals surface area (Å²) in [5.41, 5.74) is 3.14. The second kappa shape index (κ2) is 5.65. The number of aromatic hydroxyl groups is 1. The molecule has 0 radical (unpaired) electrons. The van der Waals surface area contributed by atoms with E-state index in [9.17, 15) is 9.50 Å². The third kappa shape index (κ3) is 2.41. The van der Waals surface area contributed by atoms with Crippen molar-refractivity contribution < 1.29 is 9.50 Å². The Morgan fingerprint density at radius 1 is 1.08 bits per heavy atom. The van der Waals surface area contributed by atoms with Crippen LogP contribution in [0.15, 0.2) is 48.0 Å². The van der Waals surface area contributed by atoms with Gasteiger partial charge in [-0.3, -0.25) is 4.98 Å². The van der Waals surface area contributed by atoms with Crippen molar-refractivity contribution in [1.82, 2.24) is 15.0 Å². The molecular weight excluding hydrogens is 325 g/mol. The highest BCUT2D eigenvalue weighted by Crippen LogP contribution is 2.38. The quantitative estimate of drug-likeness (QED) is 0.582. The molecule has 0 bridgehead atoms. The average Bonchev–Trinajstić information content (AvgIpc) is 3.02. The summed E-state index contributed by atoms with van der Waals surface area (Å²) in [5.74, 6) is -0.129. The van der Waals surface area contributed by atoms with Crippen molar-refractivity contribution in [2.75, 3.05) is 0 Å². The topological polar surface area (TPSA) is 58.9 Å². The molecule has 1 aromatic carbocycles. The number of hydrogen-bond donors (Lipinski definition) is 1. The van der Waals surface area contributed by atoms with E-state index in [1.54, 1.807) is 35.8 Å². The van der Waals surface area contributed by atoms with E-state index in [0.29, 0.717) is 32.9 Å². The zero-order valence-corrected chi connectivity index (χ0v) is 13.5. The summed E-state index contributed by atoms with van der Waals surface area (Å²) >= 11 is 1.29. The monoisotopic (exact) mass is 337 g/mol. The van der Waals surface area contributed by atoms with Gasteiger partial charge in [0.05, 0.1) is 5.52 Å². The molecule has 0 aliphatic rings. The van der Waals surface area contributed by atoms with E-state index in [-0.39, 0.29) is 11.7 Å². The van der Waals surface area contributed by atoms with E-state index in [4.69, 9.17) is 0 Å². The summed E-state index contributed by atoms with van der Waals surface area (Å²) in [6, 6.07) is 10.3. The molecule has 0 amide bonds. The van der Waals surface area contributed by atoms with Crippen LogP contribution in [0.4, 0.5) is 4.39 Å².